The van der Waals surface area contributed by atoms with Gasteiger partial charge in [0.2, 0.25) is 0 Å². The van der Waals surface area contributed by atoms with Crippen LogP contribution >= 0.6 is 0 Å². The number of fused-ring (bicyclic) bond motifs is 1. The van der Waals surface area contributed by atoms with Crippen LogP contribution in [-0.2, 0) is 20.3 Å². The maximum atomic E-state index is 13.1. The Balaban J connectivity index is 2.04. The van der Waals surface area contributed by atoms with Gasteiger partial charge in [0.15, 0.2) is 9.84 Å². The van der Waals surface area contributed by atoms with Gasteiger partial charge in [-0.05, 0) is 29.8 Å². The second-order valence-electron chi connectivity index (χ2n) is 6.63. The molecule has 0 saturated carbocycles. The number of aromatic hydroxyl groups is 1. The first-order chi connectivity index (χ1) is 13.2. The molecule has 0 aliphatic carbocycles. The quantitative estimate of drug-likeness (QED) is 0.662. The Morgan fingerprint density at radius 2 is 1.71 bits per heavy atom. The highest BCUT2D eigenvalue weighted by molar-refractivity contribution is 7.90. The zero-order valence-corrected chi connectivity index (χ0v) is 16.7. The first kappa shape index (κ1) is 19.7. The van der Waals surface area contributed by atoms with E-state index < -0.39 is 15.8 Å². The van der Waals surface area contributed by atoms with Crippen molar-refractivity contribution in [3.05, 3.63) is 65.7 Å². The fourth-order valence-corrected chi connectivity index (χ4v) is 4.75. The first-order valence-electron chi connectivity index (χ1n) is 8.56. The van der Waals surface area contributed by atoms with E-state index in [2.05, 4.69) is 4.74 Å². The SMILES string of the molecule is COC(=O)c1ccc(CS(=O)(=O)c2cccc3c(N(C)C)cccc23)cc1O. The number of benzene rings is 3. The molecule has 0 heterocycles. The van der Waals surface area contributed by atoms with E-state index in [0.29, 0.717) is 10.9 Å². The lowest BCUT2D eigenvalue weighted by Crippen LogP contribution is -2.10. The third-order valence-electron chi connectivity index (χ3n) is 4.50. The van der Waals surface area contributed by atoms with Crippen molar-refractivity contribution in [1.82, 2.24) is 0 Å². The Labute approximate surface area is 163 Å². The molecule has 0 atom stereocenters. The Bertz CT molecular complexity index is 1150. The van der Waals surface area contributed by atoms with E-state index >= 15 is 0 Å². The van der Waals surface area contributed by atoms with Crippen LogP contribution in [0.2, 0.25) is 0 Å². The van der Waals surface area contributed by atoms with Crippen molar-refractivity contribution in [2.24, 2.45) is 0 Å². The molecule has 28 heavy (non-hydrogen) atoms. The number of phenols is 1. The van der Waals surface area contributed by atoms with Crippen LogP contribution < -0.4 is 4.90 Å². The second kappa shape index (κ2) is 7.52. The molecule has 0 fully saturated rings. The van der Waals surface area contributed by atoms with Crippen LogP contribution in [0.15, 0.2) is 59.5 Å². The molecule has 0 spiro atoms. The number of sulfone groups is 1. The Morgan fingerprint density at radius 3 is 2.36 bits per heavy atom. The summed E-state index contributed by atoms with van der Waals surface area (Å²) in [4.78, 5) is 13.7. The largest absolute Gasteiger partial charge is 0.507 e. The van der Waals surface area contributed by atoms with E-state index in [1.807, 2.05) is 37.2 Å². The first-order valence-corrected chi connectivity index (χ1v) is 10.2. The Kier molecular flexibility index (Phi) is 5.29. The summed E-state index contributed by atoms with van der Waals surface area (Å²) in [6.45, 7) is 0. The molecular formula is C21H21NO5S. The summed E-state index contributed by atoms with van der Waals surface area (Å²) < 4.78 is 30.8. The molecule has 0 amide bonds. The minimum Gasteiger partial charge on any atom is -0.507 e. The Hall–Kier alpha value is -3.06. The number of methoxy groups -OCH3 is 1. The molecule has 6 nitrogen and oxygen atoms in total. The number of hydrogen-bond donors (Lipinski definition) is 1. The van der Waals surface area contributed by atoms with Crippen molar-refractivity contribution >= 4 is 32.3 Å². The summed E-state index contributed by atoms with van der Waals surface area (Å²) in [5.74, 6) is -1.29. The van der Waals surface area contributed by atoms with Crippen molar-refractivity contribution in [1.29, 1.82) is 0 Å². The standard InChI is InChI=1S/C21H21NO5S/c1-22(2)18-8-4-7-16-15(18)6-5-9-20(16)28(25,26)13-14-10-11-17(19(23)12-14)21(24)27-3/h4-12,23H,13H2,1-3H3. The highest BCUT2D eigenvalue weighted by Gasteiger charge is 2.21. The maximum Gasteiger partial charge on any atom is 0.341 e. The predicted molar refractivity (Wildman–Crippen MR) is 109 cm³/mol. The molecule has 7 heteroatoms. The number of rotatable bonds is 5. The number of esters is 1. The van der Waals surface area contributed by atoms with E-state index in [1.54, 1.807) is 18.2 Å². The normalized spacial score (nSPS) is 11.4. The van der Waals surface area contributed by atoms with Gasteiger partial charge in [-0.2, -0.15) is 0 Å². The number of anilines is 1. The van der Waals surface area contributed by atoms with Gasteiger partial charge in [-0.25, -0.2) is 13.2 Å². The fraction of sp³-hybridized carbons (Fsp3) is 0.190. The summed E-state index contributed by atoms with van der Waals surface area (Å²) in [5, 5.41) is 11.5. The van der Waals surface area contributed by atoms with E-state index in [0.717, 1.165) is 11.1 Å². The molecule has 0 radical (unpaired) electrons. The third-order valence-corrected chi connectivity index (χ3v) is 6.24. The highest BCUT2D eigenvalue weighted by atomic mass is 32.2. The molecule has 3 aromatic rings. The molecule has 0 bridgehead atoms. The van der Waals surface area contributed by atoms with Crippen molar-refractivity contribution in [2.75, 3.05) is 26.1 Å². The van der Waals surface area contributed by atoms with Crippen molar-refractivity contribution in [3.8, 4) is 5.75 Å². The summed E-state index contributed by atoms with van der Waals surface area (Å²) in [6, 6.07) is 14.9. The summed E-state index contributed by atoms with van der Waals surface area (Å²) in [7, 11) is 1.34. The number of nitrogens with zero attached hydrogens (tertiary/aromatic N) is 1. The van der Waals surface area contributed by atoms with Gasteiger partial charge < -0.3 is 14.7 Å². The molecule has 146 valence electrons. The number of hydrogen-bond acceptors (Lipinski definition) is 6. The van der Waals surface area contributed by atoms with Gasteiger partial charge in [-0.1, -0.05) is 30.3 Å². The van der Waals surface area contributed by atoms with Crippen LogP contribution in [0.3, 0.4) is 0 Å². The topological polar surface area (TPSA) is 83.9 Å². The van der Waals surface area contributed by atoms with E-state index in [4.69, 9.17) is 0 Å². The van der Waals surface area contributed by atoms with E-state index in [1.165, 1.54) is 25.3 Å². The smallest absolute Gasteiger partial charge is 0.341 e. The zero-order chi connectivity index (χ0) is 20.5. The number of ether oxygens (including phenoxy) is 1. The maximum absolute atomic E-state index is 13.1. The minimum absolute atomic E-state index is 0.00978. The van der Waals surface area contributed by atoms with Gasteiger partial charge in [0.1, 0.15) is 11.3 Å². The second-order valence-corrected chi connectivity index (χ2v) is 8.58. The van der Waals surface area contributed by atoms with Crippen LogP contribution in [0, 0.1) is 0 Å². The molecule has 0 unspecified atom stereocenters. The lowest BCUT2D eigenvalue weighted by Gasteiger charge is -2.17. The van der Waals surface area contributed by atoms with Gasteiger partial charge in [-0.15, -0.1) is 0 Å². The lowest BCUT2D eigenvalue weighted by atomic mass is 10.1. The van der Waals surface area contributed by atoms with Gasteiger partial charge in [0.05, 0.1) is 17.8 Å². The summed E-state index contributed by atoms with van der Waals surface area (Å²) >= 11 is 0. The predicted octanol–water partition coefficient (Wildman–Crippen LogP) is 3.37. The van der Waals surface area contributed by atoms with Crippen molar-refractivity contribution < 1.29 is 23.1 Å². The van der Waals surface area contributed by atoms with Crippen molar-refractivity contribution in [3.63, 3.8) is 0 Å². The van der Waals surface area contributed by atoms with E-state index in [-0.39, 0.29) is 22.0 Å². The van der Waals surface area contributed by atoms with Gasteiger partial charge >= 0.3 is 5.97 Å². The zero-order valence-electron chi connectivity index (χ0n) is 15.8. The monoisotopic (exact) mass is 399 g/mol. The fourth-order valence-electron chi connectivity index (χ4n) is 3.17. The molecule has 1 N–H and O–H groups in total. The molecule has 0 aliphatic heterocycles. The van der Waals surface area contributed by atoms with Gasteiger partial charge in [0, 0.05) is 30.6 Å². The molecule has 0 aromatic heterocycles. The van der Waals surface area contributed by atoms with Gasteiger partial charge in [0.25, 0.3) is 0 Å². The highest BCUT2D eigenvalue weighted by Crippen LogP contribution is 2.32. The van der Waals surface area contributed by atoms with Crippen LogP contribution in [0.5, 0.6) is 5.75 Å². The van der Waals surface area contributed by atoms with Crippen molar-refractivity contribution in [2.45, 2.75) is 10.6 Å². The molecular weight excluding hydrogens is 378 g/mol. The Morgan fingerprint density at radius 1 is 1.04 bits per heavy atom. The minimum atomic E-state index is -3.68. The summed E-state index contributed by atoms with van der Waals surface area (Å²) in [5.41, 5.74) is 1.30. The average Bonchev–Trinajstić information content (AvgIpc) is 2.66. The third kappa shape index (κ3) is 3.66. The number of carbonyl (C=O) groups is 1. The number of phenolic OH excluding ortho intramolecular Hbond substituents is 1. The summed E-state index contributed by atoms with van der Waals surface area (Å²) in [6.07, 6.45) is 0. The average molecular weight is 399 g/mol. The lowest BCUT2D eigenvalue weighted by molar-refractivity contribution is 0.0597. The van der Waals surface area contributed by atoms with Crippen LogP contribution in [0.4, 0.5) is 5.69 Å². The van der Waals surface area contributed by atoms with Crippen LogP contribution in [0.1, 0.15) is 15.9 Å². The molecule has 0 saturated heterocycles. The number of carbonyl (C=O) groups excluding carboxylic acids is 1. The van der Waals surface area contributed by atoms with Gasteiger partial charge in [-0.3, -0.25) is 0 Å². The van der Waals surface area contributed by atoms with E-state index in [9.17, 15) is 18.3 Å². The van der Waals surface area contributed by atoms with Crippen LogP contribution in [0.25, 0.3) is 10.8 Å². The molecule has 3 aromatic carbocycles. The molecule has 0 aliphatic rings. The molecule has 3 rings (SSSR count). The van der Waals surface area contributed by atoms with Crippen LogP contribution in [-0.4, -0.2) is 40.7 Å².